The minimum Gasteiger partial charge on any atom is -0.507 e. The molecule has 2 aromatic carbocycles. The van der Waals surface area contributed by atoms with E-state index in [1.54, 1.807) is 0 Å². The number of para-hydroxylation sites is 2. The number of imidazole rings is 1. The number of hydrogen-bond acceptors (Lipinski definition) is 6. The number of aromatic hydroxyl groups is 1. The van der Waals surface area contributed by atoms with Crippen molar-refractivity contribution in [2.45, 2.75) is 51.0 Å². The summed E-state index contributed by atoms with van der Waals surface area (Å²) in [5.74, 6) is 0.218. The van der Waals surface area contributed by atoms with Gasteiger partial charge in [0.15, 0.2) is 0 Å². The number of rotatable bonds is 3. The molecule has 7 rings (SSSR count). The Morgan fingerprint density at radius 3 is 2.79 bits per heavy atom. The van der Waals surface area contributed by atoms with Gasteiger partial charge in [-0.3, -0.25) is 4.79 Å². The minimum absolute atomic E-state index is 0.0387. The van der Waals surface area contributed by atoms with Crippen LogP contribution in [0.2, 0.25) is 0 Å². The quantitative estimate of drug-likeness (QED) is 0.418. The minimum atomic E-state index is -1.43. The SMILES string of the molecule is CC1(C)[C@@H]2C[C@H]1[C@@]1(O)[C@@H](C2)Oc2c(ccc(O)c2C(=O)NCc2nc3ccccc3[nH]2)[C@@H]1O. The van der Waals surface area contributed by atoms with E-state index in [9.17, 15) is 20.1 Å². The van der Waals surface area contributed by atoms with Crippen LogP contribution in [0, 0.1) is 17.3 Å². The molecule has 3 fully saturated rings. The number of aromatic amines is 1. The Bertz CT molecular complexity index is 1250. The number of phenolic OH excluding ortho intramolecular Hbond substituents is 1. The van der Waals surface area contributed by atoms with Crippen molar-refractivity contribution in [2.24, 2.45) is 17.3 Å². The van der Waals surface area contributed by atoms with E-state index in [1.165, 1.54) is 12.1 Å². The number of nitrogens with zero attached hydrogens (tertiary/aromatic N) is 1. The fourth-order valence-corrected chi connectivity index (χ4v) is 6.26. The molecule has 8 heteroatoms. The molecule has 8 nitrogen and oxygen atoms in total. The summed E-state index contributed by atoms with van der Waals surface area (Å²) in [4.78, 5) is 20.7. The first kappa shape index (κ1) is 20.5. The molecule has 0 spiro atoms. The van der Waals surface area contributed by atoms with Crippen LogP contribution in [0.15, 0.2) is 36.4 Å². The van der Waals surface area contributed by atoms with E-state index in [-0.39, 0.29) is 34.9 Å². The molecule has 1 amide bonds. The largest absolute Gasteiger partial charge is 0.507 e. The van der Waals surface area contributed by atoms with Gasteiger partial charge in [0.05, 0.1) is 17.6 Å². The molecule has 1 aliphatic heterocycles. The highest BCUT2D eigenvalue weighted by Crippen LogP contribution is 2.67. The highest BCUT2D eigenvalue weighted by atomic mass is 16.5. The summed E-state index contributed by atoms with van der Waals surface area (Å²) in [7, 11) is 0. The molecular weight excluding hydrogens is 422 g/mol. The first-order valence-electron chi connectivity index (χ1n) is 11.4. The number of benzene rings is 2. The van der Waals surface area contributed by atoms with Gasteiger partial charge in [0.1, 0.15) is 40.7 Å². The van der Waals surface area contributed by atoms with Gasteiger partial charge in [-0.25, -0.2) is 4.98 Å². The molecule has 4 aliphatic rings. The van der Waals surface area contributed by atoms with Crippen molar-refractivity contribution in [3.8, 4) is 11.5 Å². The van der Waals surface area contributed by atoms with Crippen molar-refractivity contribution >= 4 is 16.9 Å². The summed E-state index contributed by atoms with van der Waals surface area (Å²) >= 11 is 0. The van der Waals surface area contributed by atoms with E-state index in [4.69, 9.17) is 4.74 Å². The fraction of sp³-hybridized carbons (Fsp3) is 0.440. The molecule has 3 saturated carbocycles. The molecule has 5 N–H and O–H groups in total. The summed E-state index contributed by atoms with van der Waals surface area (Å²) in [6, 6.07) is 10.5. The average molecular weight is 450 g/mol. The van der Waals surface area contributed by atoms with E-state index < -0.39 is 23.7 Å². The van der Waals surface area contributed by atoms with Crippen LogP contribution < -0.4 is 10.1 Å². The Kier molecular flexibility index (Phi) is 4.17. The number of aliphatic hydroxyl groups excluding tert-OH is 1. The number of carbonyl (C=O) groups is 1. The second-order valence-electron chi connectivity index (χ2n) is 10.2. The topological polar surface area (TPSA) is 128 Å². The second-order valence-corrected chi connectivity index (χ2v) is 10.2. The summed E-state index contributed by atoms with van der Waals surface area (Å²) in [6.07, 6.45) is -0.412. The number of nitrogens with one attached hydrogen (secondary N) is 2. The van der Waals surface area contributed by atoms with Crippen LogP contribution in [0.3, 0.4) is 0 Å². The van der Waals surface area contributed by atoms with E-state index in [1.807, 2.05) is 24.3 Å². The zero-order valence-electron chi connectivity index (χ0n) is 18.5. The molecule has 0 radical (unpaired) electrons. The third kappa shape index (κ3) is 2.71. The summed E-state index contributed by atoms with van der Waals surface area (Å²) in [5.41, 5.74) is 0.434. The molecule has 3 aliphatic carbocycles. The molecule has 2 bridgehead atoms. The maximum Gasteiger partial charge on any atom is 0.259 e. The van der Waals surface area contributed by atoms with Gasteiger partial charge >= 0.3 is 0 Å². The Hall–Kier alpha value is -3.10. The lowest BCUT2D eigenvalue weighted by Crippen LogP contribution is -2.72. The first-order valence-corrected chi connectivity index (χ1v) is 11.4. The number of ether oxygens (including phenoxy) is 1. The molecule has 0 saturated heterocycles. The normalized spacial score (nSPS) is 31.2. The van der Waals surface area contributed by atoms with Crippen LogP contribution in [0.5, 0.6) is 11.5 Å². The predicted molar refractivity (Wildman–Crippen MR) is 120 cm³/mol. The van der Waals surface area contributed by atoms with Crippen molar-refractivity contribution < 1.29 is 24.9 Å². The monoisotopic (exact) mass is 449 g/mol. The van der Waals surface area contributed by atoms with Crippen molar-refractivity contribution in [2.75, 3.05) is 0 Å². The second kappa shape index (κ2) is 6.71. The first-order chi connectivity index (χ1) is 15.7. The molecule has 3 aromatic rings. The maximum atomic E-state index is 13.1. The van der Waals surface area contributed by atoms with Gasteiger partial charge in [0.2, 0.25) is 0 Å². The van der Waals surface area contributed by atoms with Crippen molar-refractivity contribution in [3.63, 3.8) is 0 Å². The molecule has 33 heavy (non-hydrogen) atoms. The molecule has 0 unspecified atom stereocenters. The molecule has 2 heterocycles. The average Bonchev–Trinajstić information content (AvgIpc) is 3.21. The Labute approximate surface area is 190 Å². The Morgan fingerprint density at radius 1 is 1.24 bits per heavy atom. The zero-order chi connectivity index (χ0) is 23.1. The summed E-state index contributed by atoms with van der Waals surface area (Å²) < 4.78 is 6.18. The highest BCUT2D eigenvalue weighted by molar-refractivity contribution is 6.00. The zero-order valence-corrected chi connectivity index (χ0v) is 18.5. The molecule has 5 atom stereocenters. The third-order valence-electron chi connectivity index (χ3n) is 8.28. The van der Waals surface area contributed by atoms with Gasteiger partial charge < -0.3 is 30.4 Å². The van der Waals surface area contributed by atoms with Gasteiger partial charge in [0.25, 0.3) is 5.91 Å². The van der Waals surface area contributed by atoms with E-state index in [0.717, 1.165) is 17.5 Å². The van der Waals surface area contributed by atoms with Gasteiger partial charge in [0, 0.05) is 5.56 Å². The molecule has 1 aromatic heterocycles. The van der Waals surface area contributed by atoms with Gasteiger partial charge in [-0.15, -0.1) is 0 Å². The summed E-state index contributed by atoms with van der Waals surface area (Å²) in [5, 5.41) is 36.2. The van der Waals surface area contributed by atoms with Crippen LogP contribution in [0.4, 0.5) is 0 Å². The number of amides is 1. The summed E-state index contributed by atoms with van der Waals surface area (Å²) in [6.45, 7) is 4.37. The van der Waals surface area contributed by atoms with E-state index in [0.29, 0.717) is 23.7 Å². The number of H-pyrrole nitrogens is 1. The van der Waals surface area contributed by atoms with Crippen molar-refractivity contribution in [1.29, 1.82) is 0 Å². The van der Waals surface area contributed by atoms with Crippen LogP contribution in [0.25, 0.3) is 11.0 Å². The predicted octanol–water partition coefficient (Wildman–Crippen LogP) is 2.79. The lowest BCUT2D eigenvalue weighted by molar-refractivity contribution is -0.289. The van der Waals surface area contributed by atoms with Crippen molar-refractivity contribution in [3.05, 3.63) is 53.3 Å². The Morgan fingerprint density at radius 2 is 2.03 bits per heavy atom. The van der Waals surface area contributed by atoms with Crippen LogP contribution in [-0.4, -0.2) is 42.9 Å². The van der Waals surface area contributed by atoms with Gasteiger partial charge in [-0.05, 0) is 54.4 Å². The third-order valence-corrected chi connectivity index (χ3v) is 8.28. The lowest BCUT2D eigenvalue weighted by atomic mass is 9.42. The van der Waals surface area contributed by atoms with E-state index in [2.05, 4.69) is 29.1 Å². The fourth-order valence-electron chi connectivity index (χ4n) is 6.26. The van der Waals surface area contributed by atoms with Gasteiger partial charge in [-0.1, -0.05) is 26.0 Å². The van der Waals surface area contributed by atoms with E-state index >= 15 is 0 Å². The molecular formula is C25H27N3O5. The van der Waals surface area contributed by atoms with Gasteiger partial charge in [-0.2, -0.15) is 0 Å². The number of hydrogen-bond donors (Lipinski definition) is 5. The number of carbonyl (C=O) groups excluding carboxylic acids is 1. The molecule has 172 valence electrons. The maximum absolute atomic E-state index is 13.1. The lowest BCUT2D eigenvalue weighted by Gasteiger charge is -2.67. The smallest absolute Gasteiger partial charge is 0.259 e. The van der Waals surface area contributed by atoms with Crippen LogP contribution >= 0.6 is 0 Å². The number of phenols is 1. The number of fused-ring (bicyclic) bond motifs is 2. The van der Waals surface area contributed by atoms with Crippen LogP contribution in [0.1, 0.15) is 54.5 Å². The van der Waals surface area contributed by atoms with Crippen LogP contribution in [-0.2, 0) is 6.54 Å². The van der Waals surface area contributed by atoms with Crippen molar-refractivity contribution in [1.82, 2.24) is 15.3 Å². The Balaban J connectivity index is 1.31. The number of aliphatic hydroxyl groups is 2. The highest BCUT2D eigenvalue weighted by Gasteiger charge is 2.69. The standard InChI is InChI=1S/C25H27N3O5/c1-24(2)12-9-17(24)25(32)18(10-12)33-21-13(22(25)30)7-8-16(29)20(21)23(31)26-11-19-27-14-5-3-4-6-15(14)28-19/h3-8,12,17-18,22,29-30,32H,9-11H2,1-2H3,(H,26,31)(H,27,28)/t12-,17-,18-,22+,25-/m1/s1. The number of aromatic nitrogens is 2.